The summed E-state index contributed by atoms with van der Waals surface area (Å²) in [6.07, 6.45) is 1.84. The van der Waals surface area contributed by atoms with Gasteiger partial charge in [0.1, 0.15) is 0 Å². The summed E-state index contributed by atoms with van der Waals surface area (Å²) in [7, 11) is -1.34. The predicted octanol–water partition coefficient (Wildman–Crippen LogP) is 2.52. The molecule has 1 aromatic rings. The molecular formula is C14H22Cl2N2O2S. The lowest BCUT2D eigenvalue weighted by molar-refractivity contribution is 0.270. The zero-order valence-electron chi connectivity index (χ0n) is 12.1. The Kier molecular flexibility index (Phi) is 7.44. The number of nitrogens with zero attached hydrogens (tertiary/aromatic N) is 1. The quantitative estimate of drug-likeness (QED) is 0.885. The zero-order chi connectivity index (χ0) is 14.6. The minimum Gasteiger partial charge on any atom is -0.319 e. The Morgan fingerprint density at radius 1 is 1.29 bits per heavy atom. The lowest BCUT2D eigenvalue weighted by Gasteiger charge is -2.31. The fourth-order valence-corrected chi connectivity index (χ4v) is 4.46. The van der Waals surface area contributed by atoms with Gasteiger partial charge >= 0.3 is 0 Å². The fourth-order valence-electron chi connectivity index (χ4n) is 2.58. The molecule has 0 unspecified atom stereocenters. The summed E-state index contributed by atoms with van der Waals surface area (Å²) in [4.78, 5) is 0. The molecule has 0 bridgehead atoms. The summed E-state index contributed by atoms with van der Waals surface area (Å²) >= 11 is 6.04. The molecule has 21 heavy (non-hydrogen) atoms. The summed E-state index contributed by atoms with van der Waals surface area (Å²) in [5.74, 6) is 0.565. The maximum Gasteiger partial charge on any atom is 0.218 e. The average Bonchev–Trinajstić information content (AvgIpc) is 2.42. The first-order chi connectivity index (χ1) is 9.53. The summed E-state index contributed by atoms with van der Waals surface area (Å²) < 4.78 is 26.4. The normalized spacial score (nSPS) is 17.4. The third-order valence-corrected chi connectivity index (χ3v) is 5.95. The van der Waals surface area contributed by atoms with Crippen molar-refractivity contribution in [2.75, 3.05) is 26.7 Å². The molecule has 1 N–H and O–H groups in total. The van der Waals surface area contributed by atoms with Crippen molar-refractivity contribution in [3.63, 3.8) is 0 Å². The molecule has 0 saturated carbocycles. The average molecular weight is 353 g/mol. The van der Waals surface area contributed by atoms with E-state index in [-0.39, 0.29) is 18.2 Å². The van der Waals surface area contributed by atoms with Crippen LogP contribution < -0.4 is 5.32 Å². The molecule has 1 heterocycles. The van der Waals surface area contributed by atoms with E-state index in [1.807, 2.05) is 19.2 Å². The third-order valence-electron chi connectivity index (χ3n) is 3.76. The molecule has 1 saturated heterocycles. The van der Waals surface area contributed by atoms with Crippen LogP contribution in [0.25, 0.3) is 0 Å². The van der Waals surface area contributed by atoms with Gasteiger partial charge in [-0.1, -0.05) is 29.8 Å². The Labute approximate surface area is 138 Å². The van der Waals surface area contributed by atoms with Crippen LogP contribution >= 0.6 is 24.0 Å². The van der Waals surface area contributed by atoms with Crippen molar-refractivity contribution in [1.82, 2.24) is 9.62 Å². The van der Waals surface area contributed by atoms with E-state index in [4.69, 9.17) is 11.6 Å². The van der Waals surface area contributed by atoms with Crippen molar-refractivity contribution in [3.05, 3.63) is 34.9 Å². The SMILES string of the molecule is CNCC1CCN(S(=O)(=O)Cc2ccccc2Cl)CC1.Cl. The van der Waals surface area contributed by atoms with E-state index in [2.05, 4.69) is 5.32 Å². The molecule has 1 aliphatic rings. The molecule has 0 aliphatic carbocycles. The van der Waals surface area contributed by atoms with Crippen molar-refractivity contribution < 1.29 is 8.42 Å². The largest absolute Gasteiger partial charge is 0.319 e. The Balaban J connectivity index is 0.00000220. The van der Waals surface area contributed by atoms with E-state index in [0.29, 0.717) is 29.6 Å². The van der Waals surface area contributed by atoms with E-state index in [1.54, 1.807) is 16.4 Å². The highest BCUT2D eigenvalue weighted by Gasteiger charge is 2.28. The van der Waals surface area contributed by atoms with Gasteiger partial charge in [-0.3, -0.25) is 0 Å². The minimum atomic E-state index is -3.27. The van der Waals surface area contributed by atoms with E-state index in [1.165, 1.54) is 0 Å². The van der Waals surface area contributed by atoms with Gasteiger partial charge in [0.2, 0.25) is 10.0 Å². The van der Waals surface area contributed by atoms with Crippen LogP contribution in [-0.2, 0) is 15.8 Å². The van der Waals surface area contributed by atoms with Crippen LogP contribution in [0, 0.1) is 5.92 Å². The number of rotatable bonds is 5. The molecule has 1 fully saturated rings. The van der Waals surface area contributed by atoms with Gasteiger partial charge in [0.05, 0.1) is 5.75 Å². The summed E-state index contributed by atoms with van der Waals surface area (Å²) in [5.41, 5.74) is 0.673. The molecule has 0 aromatic heterocycles. The van der Waals surface area contributed by atoms with Crippen LogP contribution in [0.5, 0.6) is 0 Å². The maximum atomic E-state index is 12.4. The highest BCUT2D eigenvalue weighted by Crippen LogP contribution is 2.23. The number of nitrogens with one attached hydrogen (secondary N) is 1. The van der Waals surface area contributed by atoms with Crippen LogP contribution in [-0.4, -0.2) is 39.4 Å². The van der Waals surface area contributed by atoms with Crippen molar-refractivity contribution in [1.29, 1.82) is 0 Å². The lowest BCUT2D eigenvalue weighted by Crippen LogP contribution is -2.40. The number of hydrogen-bond donors (Lipinski definition) is 1. The number of sulfonamides is 1. The molecule has 1 aromatic carbocycles. The van der Waals surface area contributed by atoms with Crippen LogP contribution in [0.4, 0.5) is 0 Å². The molecule has 0 atom stereocenters. The number of halogens is 2. The summed E-state index contributed by atoms with van der Waals surface area (Å²) in [6, 6.07) is 7.12. The second kappa shape index (κ2) is 8.34. The van der Waals surface area contributed by atoms with E-state index < -0.39 is 10.0 Å². The predicted molar refractivity (Wildman–Crippen MR) is 89.5 cm³/mol. The van der Waals surface area contributed by atoms with Crippen LogP contribution in [0.3, 0.4) is 0 Å². The van der Waals surface area contributed by atoms with Gasteiger partial charge in [0, 0.05) is 18.1 Å². The Hall–Kier alpha value is -0.330. The van der Waals surface area contributed by atoms with E-state index >= 15 is 0 Å². The van der Waals surface area contributed by atoms with Gasteiger partial charge in [-0.05, 0) is 44.0 Å². The van der Waals surface area contributed by atoms with Gasteiger partial charge in [0.25, 0.3) is 0 Å². The molecule has 1 aliphatic heterocycles. The molecular weight excluding hydrogens is 331 g/mol. The lowest BCUT2D eigenvalue weighted by atomic mass is 9.98. The van der Waals surface area contributed by atoms with Crippen LogP contribution in [0.2, 0.25) is 5.02 Å². The Morgan fingerprint density at radius 3 is 2.48 bits per heavy atom. The van der Waals surface area contributed by atoms with Gasteiger partial charge < -0.3 is 5.32 Å². The molecule has 120 valence electrons. The summed E-state index contributed by atoms with van der Waals surface area (Å²) in [6.45, 7) is 2.18. The maximum absolute atomic E-state index is 12.4. The Bertz CT molecular complexity index is 544. The second-order valence-corrected chi connectivity index (χ2v) is 7.62. The minimum absolute atomic E-state index is 0. The number of benzene rings is 1. The molecule has 0 radical (unpaired) electrons. The monoisotopic (exact) mass is 352 g/mol. The Morgan fingerprint density at radius 2 is 1.90 bits per heavy atom. The highest BCUT2D eigenvalue weighted by molar-refractivity contribution is 7.88. The van der Waals surface area contributed by atoms with Crippen molar-refractivity contribution in [3.8, 4) is 0 Å². The zero-order valence-corrected chi connectivity index (χ0v) is 14.5. The molecule has 4 nitrogen and oxygen atoms in total. The van der Waals surface area contributed by atoms with Crippen LogP contribution in [0.15, 0.2) is 24.3 Å². The van der Waals surface area contributed by atoms with Gasteiger partial charge in [0.15, 0.2) is 0 Å². The number of hydrogen-bond acceptors (Lipinski definition) is 3. The molecule has 0 amide bonds. The second-order valence-electron chi connectivity index (χ2n) is 5.25. The third kappa shape index (κ3) is 5.11. The summed E-state index contributed by atoms with van der Waals surface area (Å²) in [5, 5.41) is 3.67. The van der Waals surface area contributed by atoms with Crippen molar-refractivity contribution in [2.45, 2.75) is 18.6 Å². The topological polar surface area (TPSA) is 49.4 Å². The number of piperidine rings is 1. The first-order valence-corrected chi connectivity index (χ1v) is 8.87. The first-order valence-electron chi connectivity index (χ1n) is 6.89. The molecule has 7 heteroatoms. The van der Waals surface area contributed by atoms with Gasteiger partial charge in [-0.15, -0.1) is 12.4 Å². The highest BCUT2D eigenvalue weighted by atomic mass is 35.5. The van der Waals surface area contributed by atoms with Gasteiger partial charge in [-0.2, -0.15) is 0 Å². The van der Waals surface area contributed by atoms with Crippen molar-refractivity contribution >= 4 is 34.0 Å². The van der Waals surface area contributed by atoms with Crippen LogP contribution in [0.1, 0.15) is 18.4 Å². The molecule has 0 spiro atoms. The van der Waals surface area contributed by atoms with E-state index in [9.17, 15) is 8.42 Å². The van der Waals surface area contributed by atoms with Crippen molar-refractivity contribution in [2.24, 2.45) is 5.92 Å². The van der Waals surface area contributed by atoms with E-state index in [0.717, 1.165) is 19.4 Å². The standard InChI is InChI=1S/C14H21ClN2O2S.ClH/c1-16-10-12-6-8-17(9-7-12)20(18,19)11-13-4-2-3-5-14(13)15;/h2-5,12,16H,6-11H2,1H3;1H. The van der Waals surface area contributed by atoms with Gasteiger partial charge in [-0.25, -0.2) is 12.7 Å². The first kappa shape index (κ1) is 18.7. The smallest absolute Gasteiger partial charge is 0.218 e. The molecule has 2 rings (SSSR count). The fraction of sp³-hybridized carbons (Fsp3) is 0.571.